The molecule has 3 rings (SSSR count). The third-order valence-corrected chi connectivity index (χ3v) is 3.37. The highest BCUT2D eigenvalue weighted by Gasteiger charge is 2.58. The molecule has 4 N–H and O–H groups in total. The van der Waals surface area contributed by atoms with Gasteiger partial charge in [0.05, 0.1) is 12.2 Å². The SMILES string of the molecule is Nc1ncc(C2(F)C(F)=C(F)C(F)=C3OCCOC32)c(N)n1. The summed E-state index contributed by atoms with van der Waals surface area (Å²) >= 11 is 0. The number of hydrogen-bond acceptors (Lipinski definition) is 6. The molecule has 2 unspecified atom stereocenters. The summed E-state index contributed by atoms with van der Waals surface area (Å²) in [6.45, 7) is -0.268. The highest BCUT2D eigenvalue weighted by molar-refractivity contribution is 5.53. The Balaban J connectivity index is 2.23. The lowest BCUT2D eigenvalue weighted by Crippen LogP contribution is -2.46. The van der Waals surface area contributed by atoms with Gasteiger partial charge < -0.3 is 20.9 Å². The first kappa shape index (κ1) is 14.6. The molecule has 2 heterocycles. The Morgan fingerprint density at radius 3 is 2.59 bits per heavy atom. The molecule has 2 aliphatic rings. The Morgan fingerprint density at radius 2 is 1.91 bits per heavy atom. The Kier molecular flexibility index (Phi) is 3.20. The minimum atomic E-state index is -3.26. The topological polar surface area (TPSA) is 96.3 Å². The summed E-state index contributed by atoms with van der Waals surface area (Å²) in [6, 6.07) is 0. The average Bonchev–Trinajstić information content (AvgIpc) is 2.51. The first-order chi connectivity index (χ1) is 10.4. The molecule has 2 atom stereocenters. The van der Waals surface area contributed by atoms with E-state index in [9.17, 15) is 13.2 Å². The van der Waals surface area contributed by atoms with E-state index in [0.29, 0.717) is 0 Å². The van der Waals surface area contributed by atoms with Crippen LogP contribution in [0.1, 0.15) is 5.56 Å². The van der Waals surface area contributed by atoms with Crippen molar-refractivity contribution in [3.05, 3.63) is 35.0 Å². The second-order valence-electron chi connectivity index (χ2n) is 4.64. The molecule has 118 valence electrons. The second kappa shape index (κ2) is 4.83. The van der Waals surface area contributed by atoms with E-state index in [1.165, 1.54) is 0 Å². The number of anilines is 2. The lowest BCUT2D eigenvalue weighted by Gasteiger charge is -2.38. The third-order valence-electron chi connectivity index (χ3n) is 3.37. The average molecular weight is 318 g/mol. The summed E-state index contributed by atoms with van der Waals surface area (Å²) in [5.41, 5.74) is 6.91. The molecular formula is C12H10F4N4O2. The van der Waals surface area contributed by atoms with Crippen molar-refractivity contribution >= 4 is 11.8 Å². The van der Waals surface area contributed by atoms with Crippen LogP contribution in [-0.4, -0.2) is 29.3 Å². The van der Waals surface area contributed by atoms with E-state index in [4.69, 9.17) is 20.9 Å². The standard InChI is InChI=1S/C12H10F4N4O2/c13-5-6(14)8(15)12(16,9-7(5)21-1-2-22-9)4-3-19-11(18)20-10(4)17/h3,9H,1-2H2,(H4,17,18,19,20). The van der Waals surface area contributed by atoms with Gasteiger partial charge in [0.2, 0.25) is 17.4 Å². The van der Waals surface area contributed by atoms with Gasteiger partial charge in [-0.1, -0.05) is 0 Å². The number of allylic oxidation sites excluding steroid dienone is 2. The summed E-state index contributed by atoms with van der Waals surface area (Å²) in [5.74, 6) is -7.27. The van der Waals surface area contributed by atoms with Crippen molar-refractivity contribution < 1.29 is 27.0 Å². The summed E-state index contributed by atoms with van der Waals surface area (Å²) in [5, 5.41) is 0. The number of hydrogen-bond donors (Lipinski definition) is 2. The van der Waals surface area contributed by atoms with Crippen molar-refractivity contribution in [3.8, 4) is 0 Å². The number of rotatable bonds is 1. The van der Waals surface area contributed by atoms with Crippen molar-refractivity contribution in [1.82, 2.24) is 9.97 Å². The van der Waals surface area contributed by atoms with E-state index in [2.05, 4.69) is 9.97 Å². The lowest BCUT2D eigenvalue weighted by atomic mass is 9.84. The number of nitrogens with two attached hydrogens (primary N) is 2. The smallest absolute Gasteiger partial charge is 0.228 e. The second-order valence-corrected chi connectivity index (χ2v) is 4.64. The predicted octanol–water partition coefficient (Wildman–Crippen LogP) is 1.57. The van der Waals surface area contributed by atoms with E-state index >= 15 is 4.39 Å². The molecule has 0 spiro atoms. The number of alkyl halides is 1. The van der Waals surface area contributed by atoms with Crippen LogP contribution in [0, 0.1) is 0 Å². The van der Waals surface area contributed by atoms with Crippen LogP contribution in [0.15, 0.2) is 29.4 Å². The van der Waals surface area contributed by atoms with Gasteiger partial charge in [-0.15, -0.1) is 0 Å². The number of halogens is 4. The zero-order chi connectivity index (χ0) is 16.1. The first-order valence-electron chi connectivity index (χ1n) is 6.15. The summed E-state index contributed by atoms with van der Waals surface area (Å²) in [4.78, 5) is 7.00. The van der Waals surface area contributed by atoms with Gasteiger partial charge in [-0.25, -0.2) is 18.2 Å². The predicted molar refractivity (Wildman–Crippen MR) is 66.7 cm³/mol. The van der Waals surface area contributed by atoms with Crippen molar-refractivity contribution in [1.29, 1.82) is 0 Å². The molecule has 6 nitrogen and oxygen atoms in total. The molecule has 0 bridgehead atoms. The van der Waals surface area contributed by atoms with Crippen molar-refractivity contribution in [2.45, 2.75) is 11.8 Å². The van der Waals surface area contributed by atoms with Crippen LogP contribution >= 0.6 is 0 Å². The molecule has 0 amide bonds. The lowest BCUT2D eigenvalue weighted by molar-refractivity contribution is -0.115. The van der Waals surface area contributed by atoms with Gasteiger partial charge in [-0.3, -0.25) is 0 Å². The van der Waals surface area contributed by atoms with Gasteiger partial charge in [0.1, 0.15) is 12.4 Å². The van der Waals surface area contributed by atoms with E-state index < -0.39 is 46.4 Å². The molecule has 1 aliphatic carbocycles. The van der Waals surface area contributed by atoms with Crippen LogP contribution in [0.3, 0.4) is 0 Å². The molecule has 10 heteroatoms. The van der Waals surface area contributed by atoms with Crippen LogP contribution < -0.4 is 11.5 Å². The Hall–Kier alpha value is -2.36. The maximum atomic E-state index is 15.4. The quantitative estimate of drug-likeness (QED) is 0.763. The molecule has 1 fully saturated rings. The third kappa shape index (κ3) is 1.83. The minimum absolute atomic E-state index is 0.127. The van der Waals surface area contributed by atoms with E-state index in [-0.39, 0.29) is 19.2 Å². The van der Waals surface area contributed by atoms with Gasteiger partial charge in [0.25, 0.3) is 0 Å². The van der Waals surface area contributed by atoms with Crippen molar-refractivity contribution in [2.24, 2.45) is 0 Å². The normalized spacial score (nSPS) is 28.5. The van der Waals surface area contributed by atoms with Gasteiger partial charge in [-0.2, -0.15) is 9.37 Å². The number of fused-ring (bicyclic) bond motifs is 1. The van der Waals surface area contributed by atoms with Gasteiger partial charge in [0.15, 0.2) is 23.5 Å². The monoisotopic (exact) mass is 318 g/mol. The molecule has 1 aliphatic heterocycles. The highest BCUT2D eigenvalue weighted by atomic mass is 19.2. The van der Waals surface area contributed by atoms with Crippen molar-refractivity contribution in [2.75, 3.05) is 24.7 Å². The Labute approximate surface area is 121 Å². The minimum Gasteiger partial charge on any atom is -0.489 e. The molecule has 1 aromatic heterocycles. The molecular weight excluding hydrogens is 308 g/mol. The summed E-state index contributed by atoms with van der Waals surface area (Å²) < 4.78 is 67.0. The number of aromatic nitrogens is 2. The zero-order valence-corrected chi connectivity index (χ0v) is 10.9. The van der Waals surface area contributed by atoms with Gasteiger partial charge in [-0.05, 0) is 0 Å². The summed E-state index contributed by atoms with van der Waals surface area (Å²) in [6.07, 6.45) is -1.08. The fourth-order valence-corrected chi connectivity index (χ4v) is 2.37. The molecule has 1 aromatic rings. The Bertz CT molecular complexity index is 708. The summed E-state index contributed by atoms with van der Waals surface area (Å²) in [7, 11) is 0. The molecule has 0 radical (unpaired) electrons. The largest absolute Gasteiger partial charge is 0.489 e. The van der Waals surface area contributed by atoms with Gasteiger partial charge in [0, 0.05) is 6.20 Å². The van der Waals surface area contributed by atoms with E-state index in [1.807, 2.05) is 0 Å². The van der Waals surface area contributed by atoms with Crippen LogP contribution in [0.4, 0.5) is 29.3 Å². The molecule has 0 saturated carbocycles. The molecule has 1 saturated heterocycles. The highest BCUT2D eigenvalue weighted by Crippen LogP contribution is 2.51. The maximum Gasteiger partial charge on any atom is 0.228 e. The van der Waals surface area contributed by atoms with E-state index in [1.54, 1.807) is 0 Å². The molecule has 22 heavy (non-hydrogen) atoms. The fraction of sp³-hybridized carbons (Fsp3) is 0.333. The number of nitrogen functional groups attached to an aromatic ring is 2. The Morgan fingerprint density at radius 1 is 1.18 bits per heavy atom. The van der Waals surface area contributed by atoms with Crippen LogP contribution in [0.2, 0.25) is 0 Å². The van der Waals surface area contributed by atoms with E-state index in [0.717, 1.165) is 6.20 Å². The van der Waals surface area contributed by atoms with Gasteiger partial charge >= 0.3 is 0 Å². The van der Waals surface area contributed by atoms with Crippen molar-refractivity contribution in [3.63, 3.8) is 0 Å². The zero-order valence-electron chi connectivity index (χ0n) is 10.9. The van der Waals surface area contributed by atoms with Crippen LogP contribution in [0.25, 0.3) is 0 Å². The fourth-order valence-electron chi connectivity index (χ4n) is 2.37. The first-order valence-corrected chi connectivity index (χ1v) is 6.15. The maximum absolute atomic E-state index is 15.4. The van der Waals surface area contributed by atoms with Crippen LogP contribution in [0.5, 0.6) is 0 Å². The molecule has 0 aromatic carbocycles. The van der Waals surface area contributed by atoms with Crippen LogP contribution in [-0.2, 0) is 15.1 Å². The number of nitrogens with zero attached hydrogens (tertiary/aromatic N) is 2. The number of ether oxygens (including phenoxy) is 2.